The number of nitrogens with zero attached hydrogens (tertiary/aromatic N) is 3. The van der Waals surface area contributed by atoms with Gasteiger partial charge in [-0.1, -0.05) is 12.1 Å². The minimum Gasteiger partial charge on any atom is -0.456 e. The second-order valence-corrected chi connectivity index (χ2v) is 7.89. The topological polar surface area (TPSA) is 95.6 Å². The van der Waals surface area contributed by atoms with Gasteiger partial charge in [-0.15, -0.1) is 0 Å². The Morgan fingerprint density at radius 3 is 2.52 bits per heavy atom. The second-order valence-electron chi connectivity index (χ2n) is 7.89. The molecule has 0 atom stereocenters. The van der Waals surface area contributed by atoms with Crippen molar-refractivity contribution in [3.63, 3.8) is 0 Å². The molecule has 2 heterocycles. The van der Waals surface area contributed by atoms with Crippen LogP contribution in [-0.4, -0.2) is 59.5 Å². The molecule has 1 fully saturated rings. The lowest BCUT2D eigenvalue weighted by Gasteiger charge is -2.36. The number of aromatic amines is 1. The first-order valence-corrected chi connectivity index (χ1v) is 10.9. The number of H-pyrrole nitrogens is 1. The number of ether oxygens (including phenoxy) is 1. The van der Waals surface area contributed by atoms with Crippen LogP contribution in [0.5, 0.6) is 0 Å². The van der Waals surface area contributed by atoms with Crippen LogP contribution >= 0.6 is 0 Å². The maximum absolute atomic E-state index is 13.1. The van der Waals surface area contributed by atoms with E-state index in [1.807, 2.05) is 6.07 Å². The van der Waals surface area contributed by atoms with Crippen LogP contribution < -0.4 is 10.5 Å². The van der Waals surface area contributed by atoms with Crippen LogP contribution in [0.4, 0.5) is 10.1 Å². The summed E-state index contributed by atoms with van der Waals surface area (Å²) in [6.07, 6.45) is 1.00. The number of piperazine rings is 1. The van der Waals surface area contributed by atoms with E-state index in [0.29, 0.717) is 55.7 Å². The summed E-state index contributed by atoms with van der Waals surface area (Å²) in [5.74, 6) is -0.461. The van der Waals surface area contributed by atoms with Gasteiger partial charge in [0.05, 0.1) is 10.9 Å². The average Bonchev–Trinajstić information content (AvgIpc) is 2.83. The number of esters is 1. The average molecular weight is 452 g/mol. The van der Waals surface area contributed by atoms with Gasteiger partial charge in [0.15, 0.2) is 6.61 Å². The number of benzene rings is 2. The normalized spacial score (nSPS) is 13.8. The first-order chi connectivity index (χ1) is 16.0. The highest BCUT2D eigenvalue weighted by atomic mass is 19.1. The highest BCUT2D eigenvalue weighted by Gasteiger charge is 2.22. The lowest BCUT2D eigenvalue weighted by atomic mass is 10.2. The maximum atomic E-state index is 13.1. The molecule has 1 aliphatic rings. The fourth-order valence-electron chi connectivity index (χ4n) is 3.83. The van der Waals surface area contributed by atoms with Crippen LogP contribution in [0.15, 0.2) is 53.3 Å². The molecule has 0 unspecified atom stereocenters. The van der Waals surface area contributed by atoms with Gasteiger partial charge in [-0.25, -0.2) is 9.37 Å². The number of para-hydroxylation sites is 1. The SMILES string of the molecule is O=C(CCCc1nc2ccccc2c(=O)[nH]1)OCC(=O)N1CCN(c2ccc(F)cc2)CC1. The second kappa shape index (κ2) is 10.2. The van der Waals surface area contributed by atoms with Gasteiger partial charge in [0, 0.05) is 44.7 Å². The van der Waals surface area contributed by atoms with E-state index in [9.17, 15) is 18.8 Å². The number of hydrogen-bond acceptors (Lipinski definition) is 6. The Hall–Kier alpha value is -3.75. The number of carbonyl (C=O) groups is 2. The highest BCUT2D eigenvalue weighted by Crippen LogP contribution is 2.17. The molecule has 172 valence electrons. The van der Waals surface area contributed by atoms with Crippen molar-refractivity contribution in [2.24, 2.45) is 0 Å². The summed E-state index contributed by atoms with van der Waals surface area (Å²) in [6.45, 7) is 1.98. The van der Waals surface area contributed by atoms with Gasteiger partial charge >= 0.3 is 5.97 Å². The van der Waals surface area contributed by atoms with E-state index in [1.165, 1.54) is 12.1 Å². The fraction of sp³-hybridized carbons (Fsp3) is 0.333. The Kier molecular flexibility index (Phi) is 6.97. The number of aryl methyl sites for hydroxylation is 1. The molecule has 1 aromatic heterocycles. The Morgan fingerprint density at radius 1 is 1.03 bits per heavy atom. The zero-order chi connectivity index (χ0) is 23.2. The van der Waals surface area contributed by atoms with Crippen molar-refractivity contribution in [1.82, 2.24) is 14.9 Å². The van der Waals surface area contributed by atoms with Gasteiger partial charge in [0.2, 0.25) is 0 Å². The predicted molar refractivity (Wildman–Crippen MR) is 121 cm³/mol. The third kappa shape index (κ3) is 5.74. The standard InChI is InChI=1S/C24H25FN4O4/c25-17-8-10-18(11-9-17)28-12-14-29(15-13-28)22(30)16-33-23(31)7-3-6-21-26-20-5-2-1-4-19(20)24(32)27-21/h1-2,4-5,8-11H,3,6-7,12-16H2,(H,26,27,32). The molecule has 3 aromatic rings. The molecule has 1 N–H and O–H groups in total. The number of halogens is 1. The fourth-order valence-corrected chi connectivity index (χ4v) is 3.83. The van der Waals surface area contributed by atoms with Crippen molar-refractivity contribution in [3.8, 4) is 0 Å². The van der Waals surface area contributed by atoms with Crippen LogP contribution in [0.1, 0.15) is 18.7 Å². The van der Waals surface area contributed by atoms with E-state index >= 15 is 0 Å². The Bertz CT molecular complexity index is 1190. The monoisotopic (exact) mass is 452 g/mol. The van der Waals surface area contributed by atoms with E-state index in [0.717, 1.165) is 5.69 Å². The molecule has 33 heavy (non-hydrogen) atoms. The quantitative estimate of drug-likeness (QED) is 0.553. The summed E-state index contributed by atoms with van der Waals surface area (Å²) in [6, 6.07) is 13.3. The molecule has 0 bridgehead atoms. The molecule has 8 nitrogen and oxygen atoms in total. The van der Waals surface area contributed by atoms with Gasteiger partial charge in [0.1, 0.15) is 11.6 Å². The van der Waals surface area contributed by atoms with Crippen LogP contribution in [0.2, 0.25) is 0 Å². The number of carbonyl (C=O) groups excluding carboxylic acids is 2. The van der Waals surface area contributed by atoms with E-state index in [2.05, 4.69) is 14.9 Å². The number of rotatable bonds is 7. The molecular formula is C24H25FN4O4. The van der Waals surface area contributed by atoms with Crippen LogP contribution in [-0.2, 0) is 20.7 Å². The number of amides is 1. The number of hydrogen-bond donors (Lipinski definition) is 1. The number of aromatic nitrogens is 2. The molecule has 1 aliphatic heterocycles. The predicted octanol–water partition coefficient (Wildman–Crippen LogP) is 2.28. The Balaban J connectivity index is 1.17. The summed E-state index contributed by atoms with van der Waals surface area (Å²) in [5.41, 5.74) is 1.32. The van der Waals surface area contributed by atoms with Crippen LogP contribution in [0.25, 0.3) is 10.9 Å². The summed E-state index contributed by atoms with van der Waals surface area (Å²) in [7, 11) is 0. The van der Waals surface area contributed by atoms with Crippen molar-refractivity contribution in [2.75, 3.05) is 37.7 Å². The summed E-state index contributed by atoms with van der Waals surface area (Å²) >= 11 is 0. The van der Waals surface area contributed by atoms with E-state index in [4.69, 9.17) is 4.74 Å². The summed E-state index contributed by atoms with van der Waals surface area (Å²) in [5, 5.41) is 0.526. The molecular weight excluding hydrogens is 427 g/mol. The van der Waals surface area contributed by atoms with Gasteiger partial charge in [-0.2, -0.15) is 0 Å². The van der Waals surface area contributed by atoms with Crippen molar-refractivity contribution < 1.29 is 18.7 Å². The Morgan fingerprint density at radius 2 is 1.76 bits per heavy atom. The zero-order valence-corrected chi connectivity index (χ0v) is 18.1. The molecule has 1 amide bonds. The van der Waals surface area contributed by atoms with Crippen molar-refractivity contribution in [1.29, 1.82) is 0 Å². The first kappa shape index (κ1) is 22.4. The Labute approximate surface area is 190 Å². The first-order valence-electron chi connectivity index (χ1n) is 10.9. The number of nitrogens with one attached hydrogen (secondary N) is 1. The number of fused-ring (bicyclic) bond motifs is 1. The largest absolute Gasteiger partial charge is 0.456 e. The summed E-state index contributed by atoms with van der Waals surface area (Å²) < 4.78 is 18.2. The molecule has 0 saturated carbocycles. The van der Waals surface area contributed by atoms with Gasteiger partial charge in [0.25, 0.3) is 11.5 Å². The smallest absolute Gasteiger partial charge is 0.306 e. The molecule has 2 aromatic carbocycles. The summed E-state index contributed by atoms with van der Waals surface area (Å²) in [4.78, 5) is 47.4. The van der Waals surface area contributed by atoms with Gasteiger partial charge in [-0.3, -0.25) is 14.4 Å². The van der Waals surface area contributed by atoms with E-state index < -0.39 is 5.97 Å². The molecule has 9 heteroatoms. The van der Waals surface area contributed by atoms with Gasteiger partial charge in [-0.05, 0) is 42.8 Å². The van der Waals surface area contributed by atoms with Crippen molar-refractivity contribution in [3.05, 3.63) is 70.5 Å². The third-order valence-corrected chi connectivity index (χ3v) is 5.64. The minimum absolute atomic E-state index is 0.127. The van der Waals surface area contributed by atoms with Crippen molar-refractivity contribution >= 4 is 28.5 Å². The highest BCUT2D eigenvalue weighted by molar-refractivity contribution is 5.81. The molecule has 0 radical (unpaired) electrons. The van der Waals surface area contributed by atoms with Crippen LogP contribution in [0.3, 0.4) is 0 Å². The van der Waals surface area contributed by atoms with E-state index in [1.54, 1.807) is 35.2 Å². The van der Waals surface area contributed by atoms with E-state index in [-0.39, 0.29) is 30.3 Å². The minimum atomic E-state index is -0.462. The lowest BCUT2D eigenvalue weighted by Crippen LogP contribution is -2.49. The van der Waals surface area contributed by atoms with Gasteiger partial charge < -0.3 is 19.5 Å². The van der Waals surface area contributed by atoms with Crippen molar-refractivity contribution in [2.45, 2.75) is 19.3 Å². The third-order valence-electron chi connectivity index (χ3n) is 5.64. The maximum Gasteiger partial charge on any atom is 0.306 e. The lowest BCUT2D eigenvalue weighted by molar-refractivity contribution is -0.152. The molecule has 4 rings (SSSR count). The van der Waals surface area contributed by atoms with Crippen LogP contribution in [0, 0.1) is 5.82 Å². The zero-order valence-electron chi connectivity index (χ0n) is 18.1. The molecule has 0 spiro atoms. The molecule has 1 saturated heterocycles. The molecule has 0 aliphatic carbocycles. The number of anilines is 1.